The number of hydrogen-bond donors (Lipinski definition) is 3. The van der Waals surface area contributed by atoms with Crippen molar-refractivity contribution in [2.45, 2.75) is 6.42 Å². The van der Waals surface area contributed by atoms with E-state index in [2.05, 4.69) is 28.7 Å². The number of rotatable bonds is 3. The Morgan fingerprint density at radius 3 is 2.87 bits per heavy atom. The van der Waals surface area contributed by atoms with Gasteiger partial charge in [-0.1, -0.05) is 18.2 Å². The molecule has 15 heavy (non-hydrogen) atoms. The first-order chi connectivity index (χ1) is 7.29. The number of aromatic amines is 2. The molecule has 0 aliphatic carbocycles. The molecule has 78 valence electrons. The second kappa shape index (κ2) is 4.40. The molecule has 2 rings (SSSR count). The van der Waals surface area contributed by atoms with Gasteiger partial charge >= 0.3 is 5.69 Å². The third-order valence-corrected chi connectivity index (χ3v) is 2.40. The van der Waals surface area contributed by atoms with Crippen LogP contribution in [0, 0.1) is 0 Å². The van der Waals surface area contributed by atoms with Crippen molar-refractivity contribution in [1.29, 1.82) is 0 Å². The first kappa shape index (κ1) is 10.1. The molecule has 0 saturated carbocycles. The van der Waals surface area contributed by atoms with Gasteiger partial charge in [-0.15, -0.1) is 0 Å². The van der Waals surface area contributed by atoms with Crippen molar-refractivity contribution in [3.63, 3.8) is 0 Å². The molecule has 0 fully saturated rings. The topological polar surface area (TPSA) is 48.6 Å². The Hall–Kier alpha value is -1.42. The third-order valence-electron chi connectivity index (χ3n) is 2.15. The van der Waals surface area contributed by atoms with Gasteiger partial charge < -0.3 is 9.97 Å². The highest BCUT2D eigenvalue weighted by Gasteiger charge is 1.96. The molecule has 1 aromatic carbocycles. The standard InChI is InChI=1S/C11H12N2OS/c14-11-12-9-5-4-8(3-1-2-6-15)7-10(9)13-11/h1,3-5,7,15H,2,6H2,(H2,12,13,14). The number of hydrogen-bond acceptors (Lipinski definition) is 2. The van der Waals surface area contributed by atoms with Gasteiger partial charge in [0.2, 0.25) is 0 Å². The maximum absolute atomic E-state index is 11.0. The van der Waals surface area contributed by atoms with Crippen LogP contribution in [0.15, 0.2) is 29.1 Å². The van der Waals surface area contributed by atoms with Crippen molar-refractivity contribution in [2.75, 3.05) is 5.75 Å². The number of benzene rings is 1. The van der Waals surface area contributed by atoms with Gasteiger partial charge in [0, 0.05) is 0 Å². The molecule has 0 radical (unpaired) electrons. The summed E-state index contributed by atoms with van der Waals surface area (Å²) in [5, 5.41) is 0. The van der Waals surface area contributed by atoms with Crippen LogP contribution in [-0.4, -0.2) is 15.7 Å². The van der Waals surface area contributed by atoms with Gasteiger partial charge in [-0.2, -0.15) is 12.6 Å². The first-order valence-corrected chi connectivity index (χ1v) is 5.42. The molecule has 0 bridgehead atoms. The van der Waals surface area contributed by atoms with Crippen LogP contribution in [-0.2, 0) is 0 Å². The van der Waals surface area contributed by atoms with Crippen LogP contribution in [0.1, 0.15) is 12.0 Å². The van der Waals surface area contributed by atoms with E-state index in [1.807, 2.05) is 24.3 Å². The number of nitrogens with one attached hydrogen (secondary N) is 2. The molecule has 3 nitrogen and oxygen atoms in total. The molecule has 2 aromatic rings. The van der Waals surface area contributed by atoms with Crippen molar-refractivity contribution in [3.05, 3.63) is 40.3 Å². The van der Waals surface area contributed by atoms with Crippen molar-refractivity contribution < 1.29 is 0 Å². The number of thiol groups is 1. The molecule has 0 aliphatic heterocycles. The molecule has 0 unspecified atom stereocenters. The average Bonchev–Trinajstić information content (AvgIpc) is 2.57. The summed E-state index contributed by atoms with van der Waals surface area (Å²) < 4.78 is 0. The third kappa shape index (κ3) is 2.33. The van der Waals surface area contributed by atoms with Crippen LogP contribution < -0.4 is 5.69 Å². The SMILES string of the molecule is O=c1[nH]c2ccc(C=CCCS)cc2[nH]1. The lowest BCUT2D eigenvalue weighted by Crippen LogP contribution is -1.99. The van der Waals surface area contributed by atoms with Crippen LogP contribution in [0.5, 0.6) is 0 Å². The largest absolute Gasteiger partial charge is 0.323 e. The molecule has 0 saturated heterocycles. The average molecular weight is 220 g/mol. The summed E-state index contributed by atoms with van der Waals surface area (Å²) >= 11 is 4.13. The zero-order valence-electron chi connectivity index (χ0n) is 8.16. The van der Waals surface area contributed by atoms with Crippen molar-refractivity contribution in [3.8, 4) is 0 Å². The quantitative estimate of drug-likeness (QED) is 0.682. The minimum Gasteiger partial charge on any atom is -0.306 e. The van der Waals surface area contributed by atoms with Gasteiger partial charge in [-0.05, 0) is 29.9 Å². The van der Waals surface area contributed by atoms with Crippen LogP contribution in [0.3, 0.4) is 0 Å². The van der Waals surface area contributed by atoms with Crippen LogP contribution in [0.4, 0.5) is 0 Å². The van der Waals surface area contributed by atoms with Crippen molar-refractivity contribution in [1.82, 2.24) is 9.97 Å². The van der Waals surface area contributed by atoms with Crippen LogP contribution in [0.25, 0.3) is 17.1 Å². The predicted octanol–water partition coefficient (Wildman–Crippen LogP) is 2.19. The lowest BCUT2D eigenvalue weighted by molar-refractivity contribution is 1.21. The van der Waals surface area contributed by atoms with Gasteiger partial charge in [-0.3, -0.25) is 0 Å². The second-order valence-electron chi connectivity index (χ2n) is 3.30. The van der Waals surface area contributed by atoms with Crippen LogP contribution >= 0.6 is 12.6 Å². The Morgan fingerprint density at radius 1 is 1.27 bits per heavy atom. The van der Waals surface area contributed by atoms with E-state index < -0.39 is 0 Å². The summed E-state index contributed by atoms with van der Waals surface area (Å²) in [6.45, 7) is 0. The van der Waals surface area contributed by atoms with Gasteiger partial charge in [0.1, 0.15) is 0 Å². The van der Waals surface area contributed by atoms with E-state index in [1.54, 1.807) is 0 Å². The molecule has 1 heterocycles. The monoisotopic (exact) mass is 220 g/mol. The summed E-state index contributed by atoms with van der Waals surface area (Å²) in [5.41, 5.74) is 2.60. The molecule has 0 amide bonds. The summed E-state index contributed by atoms with van der Waals surface area (Å²) in [7, 11) is 0. The molecule has 0 atom stereocenters. The number of aromatic nitrogens is 2. The minimum atomic E-state index is -0.165. The molecular weight excluding hydrogens is 208 g/mol. The maximum atomic E-state index is 11.0. The molecule has 2 N–H and O–H groups in total. The maximum Gasteiger partial charge on any atom is 0.323 e. The summed E-state index contributed by atoms with van der Waals surface area (Å²) in [4.78, 5) is 16.5. The summed E-state index contributed by atoms with van der Waals surface area (Å²) in [6.07, 6.45) is 5.05. The fourth-order valence-electron chi connectivity index (χ4n) is 1.45. The van der Waals surface area contributed by atoms with Crippen molar-refractivity contribution >= 4 is 29.7 Å². The van der Waals surface area contributed by atoms with Gasteiger partial charge in [0.05, 0.1) is 11.0 Å². The minimum absolute atomic E-state index is 0.165. The van der Waals surface area contributed by atoms with E-state index in [1.165, 1.54) is 0 Å². The molecule has 4 heteroatoms. The molecule has 0 aliphatic rings. The fourth-order valence-corrected chi connectivity index (χ4v) is 1.60. The predicted molar refractivity (Wildman–Crippen MR) is 66.4 cm³/mol. The Balaban J connectivity index is 2.34. The van der Waals surface area contributed by atoms with Crippen LogP contribution in [0.2, 0.25) is 0 Å². The van der Waals surface area contributed by atoms with E-state index in [-0.39, 0.29) is 5.69 Å². The van der Waals surface area contributed by atoms with E-state index >= 15 is 0 Å². The van der Waals surface area contributed by atoms with E-state index in [4.69, 9.17) is 0 Å². The highest BCUT2D eigenvalue weighted by molar-refractivity contribution is 7.80. The number of imidazole rings is 1. The van der Waals surface area contributed by atoms with E-state index in [0.717, 1.165) is 28.8 Å². The van der Waals surface area contributed by atoms with Gasteiger partial charge in [-0.25, -0.2) is 4.79 Å². The zero-order chi connectivity index (χ0) is 10.7. The van der Waals surface area contributed by atoms with Crippen molar-refractivity contribution in [2.24, 2.45) is 0 Å². The Morgan fingerprint density at radius 2 is 2.07 bits per heavy atom. The van der Waals surface area contributed by atoms with E-state index in [0.29, 0.717) is 0 Å². The highest BCUT2D eigenvalue weighted by Crippen LogP contribution is 2.11. The lowest BCUT2D eigenvalue weighted by Gasteiger charge is -1.93. The zero-order valence-corrected chi connectivity index (χ0v) is 9.05. The van der Waals surface area contributed by atoms with Gasteiger partial charge in [0.15, 0.2) is 0 Å². The smallest absolute Gasteiger partial charge is 0.306 e. The molecule has 1 aromatic heterocycles. The molecule has 0 spiro atoms. The Bertz CT molecular complexity index is 539. The fraction of sp³-hybridized carbons (Fsp3) is 0.182. The highest BCUT2D eigenvalue weighted by atomic mass is 32.1. The van der Waals surface area contributed by atoms with Gasteiger partial charge in [0.25, 0.3) is 0 Å². The summed E-state index contributed by atoms with van der Waals surface area (Å²) in [5.74, 6) is 0.847. The Labute approximate surface area is 92.6 Å². The lowest BCUT2D eigenvalue weighted by atomic mass is 10.2. The normalized spacial score (nSPS) is 11.5. The number of allylic oxidation sites excluding steroid dienone is 1. The van der Waals surface area contributed by atoms with E-state index in [9.17, 15) is 4.79 Å². The Kier molecular flexibility index (Phi) is 2.97. The summed E-state index contributed by atoms with van der Waals surface area (Å²) in [6, 6.07) is 5.82. The second-order valence-corrected chi connectivity index (χ2v) is 3.75. The molecular formula is C11H12N2OS. The first-order valence-electron chi connectivity index (χ1n) is 4.79. The number of H-pyrrole nitrogens is 2. The number of fused-ring (bicyclic) bond motifs is 1.